The molecule has 0 unspecified atom stereocenters. The van der Waals surface area contributed by atoms with Crippen LogP contribution in [0.3, 0.4) is 0 Å². The van der Waals surface area contributed by atoms with E-state index in [-0.39, 0.29) is 6.04 Å². The maximum absolute atomic E-state index is 14.0. The number of likely N-dealkylation sites (tertiary alicyclic amines) is 1. The number of rotatable bonds is 4. The van der Waals surface area contributed by atoms with Gasteiger partial charge in [0.05, 0.1) is 7.11 Å². The van der Waals surface area contributed by atoms with Crippen molar-refractivity contribution in [3.05, 3.63) is 59.2 Å². The standard InChI is InChI=1S/C19H19F2NO3/c1-25-17-7-3-2-5-12(17)9-14-6-4-8-22(14)19(24)18-15(21)10-13(20)11-16(18)23/h2-3,5,7,10-11,14,23H,4,6,8-9H2,1H3/t14-/m1/s1. The normalized spacial score (nSPS) is 16.9. The molecule has 2 aromatic carbocycles. The molecule has 25 heavy (non-hydrogen) atoms. The molecule has 0 saturated carbocycles. The van der Waals surface area contributed by atoms with Crippen molar-refractivity contribution in [3.8, 4) is 11.5 Å². The van der Waals surface area contributed by atoms with E-state index in [1.165, 1.54) is 0 Å². The van der Waals surface area contributed by atoms with Gasteiger partial charge in [0, 0.05) is 24.7 Å². The molecular weight excluding hydrogens is 328 g/mol. The molecule has 0 radical (unpaired) electrons. The third-order valence-electron chi connectivity index (χ3n) is 4.53. The number of hydrogen-bond acceptors (Lipinski definition) is 3. The number of phenols is 1. The minimum atomic E-state index is -1.05. The van der Waals surface area contributed by atoms with E-state index >= 15 is 0 Å². The van der Waals surface area contributed by atoms with E-state index in [1.807, 2.05) is 24.3 Å². The van der Waals surface area contributed by atoms with E-state index in [0.717, 1.165) is 30.2 Å². The van der Waals surface area contributed by atoms with E-state index in [2.05, 4.69) is 0 Å². The number of benzene rings is 2. The lowest BCUT2D eigenvalue weighted by Gasteiger charge is -2.26. The summed E-state index contributed by atoms with van der Waals surface area (Å²) in [6.07, 6.45) is 2.13. The molecule has 1 aliphatic rings. The molecule has 1 N–H and O–H groups in total. The summed E-state index contributed by atoms with van der Waals surface area (Å²) in [5.41, 5.74) is 0.479. The van der Waals surface area contributed by atoms with Gasteiger partial charge in [-0.3, -0.25) is 4.79 Å². The number of phenolic OH excluding ortho intramolecular Hbond substituents is 1. The zero-order chi connectivity index (χ0) is 18.0. The number of carbonyl (C=O) groups excluding carboxylic acids is 1. The maximum atomic E-state index is 14.0. The van der Waals surface area contributed by atoms with Gasteiger partial charge in [0.2, 0.25) is 0 Å². The molecule has 0 aromatic heterocycles. The van der Waals surface area contributed by atoms with Crippen LogP contribution in [0.4, 0.5) is 8.78 Å². The Morgan fingerprint density at radius 2 is 2.08 bits per heavy atom. The Morgan fingerprint density at radius 1 is 1.32 bits per heavy atom. The van der Waals surface area contributed by atoms with Gasteiger partial charge in [-0.1, -0.05) is 18.2 Å². The fraction of sp³-hybridized carbons (Fsp3) is 0.316. The first-order chi connectivity index (χ1) is 12.0. The monoisotopic (exact) mass is 347 g/mol. The number of aromatic hydroxyl groups is 1. The number of ether oxygens (including phenoxy) is 1. The molecule has 132 valence electrons. The third kappa shape index (κ3) is 3.43. The number of halogens is 2. The van der Waals surface area contributed by atoms with Crippen LogP contribution in [0.2, 0.25) is 0 Å². The van der Waals surface area contributed by atoms with Crippen LogP contribution in [-0.2, 0) is 6.42 Å². The quantitative estimate of drug-likeness (QED) is 0.921. The first kappa shape index (κ1) is 17.2. The Bertz CT molecular complexity index is 771. The minimum Gasteiger partial charge on any atom is -0.507 e. The van der Waals surface area contributed by atoms with Gasteiger partial charge in [0.1, 0.15) is 28.7 Å². The molecule has 1 atom stereocenters. The van der Waals surface area contributed by atoms with E-state index in [0.29, 0.717) is 19.0 Å². The Morgan fingerprint density at radius 3 is 2.80 bits per heavy atom. The van der Waals surface area contributed by atoms with E-state index in [4.69, 9.17) is 4.74 Å². The lowest BCUT2D eigenvalue weighted by Crippen LogP contribution is -2.37. The molecule has 4 nitrogen and oxygen atoms in total. The first-order valence-corrected chi connectivity index (χ1v) is 8.12. The summed E-state index contributed by atoms with van der Waals surface area (Å²) in [4.78, 5) is 14.3. The van der Waals surface area contributed by atoms with Crippen LogP contribution in [0.1, 0.15) is 28.8 Å². The molecule has 1 amide bonds. The van der Waals surface area contributed by atoms with Crippen molar-refractivity contribution in [1.82, 2.24) is 4.90 Å². The molecule has 0 bridgehead atoms. The predicted molar refractivity (Wildman–Crippen MR) is 88.8 cm³/mol. The van der Waals surface area contributed by atoms with Crippen LogP contribution in [-0.4, -0.2) is 35.6 Å². The summed E-state index contributed by atoms with van der Waals surface area (Å²) in [5.74, 6) is -2.53. The maximum Gasteiger partial charge on any atom is 0.260 e. The van der Waals surface area contributed by atoms with E-state index in [9.17, 15) is 18.7 Å². The summed E-state index contributed by atoms with van der Waals surface area (Å²) < 4.78 is 32.5. The van der Waals surface area contributed by atoms with Gasteiger partial charge in [-0.15, -0.1) is 0 Å². The van der Waals surface area contributed by atoms with Crippen LogP contribution >= 0.6 is 0 Å². The van der Waals surface area contributed by atoms with Gasteiger partial charge >= 0.3 is 0 Å². The average molecular weight is 347 g/mol. The Balaban J connectivity index is 1.86. The second kappa shape index (κ2) is 7.09. The van der Waals surface area contributed by atoms with Crippen LogP contribution in [0.5, 0.6) is 11.5 Å². The molecule has 2 aromatic rings. The second-order valence-electron chi connectivity index (χ2n) is 6.09. The third-order valence-corrected chi connectivity index (χ3v) is 4.53. The van der Waals surface area contributed by atoms with Crippen LogP contribution < -0.4 is 4.74 Å². The molecule has 1 aliphatic heterocycles. The fourth-order valence-corrected chi connectivity index (χ4v) is 3.36. The molecule has 1 saturated heterocycles. The van der Waals surface area contributed by atoms with Crippen molar-refractivity contribution in [1.29, 1.82) is 0 Å². The Labute approximate surface area is 144 Å². The number of carbonyl (C=O) groups is 1. The molecule has 1 heterocycles. The van der Waals surface area contributed by atoms with Gasteiger partial charge in [-0.2, -0.15) is 0 Å². The summed E-state index contributed by atoms with van der Waals surface area (Å²) in [5, 5.41) is 9.81. The van der Waals surface area contributed by atoms with Crippen molar-refractivity contribution < 1.29 is 23.4 Å². The van der Waals surface area contributed by atoms with Gasteiger partial charge in [-0.25, -0.2) is 8.78 Å². The molecule has 0 spiro atoms. The van der Waals surface area contributed by atoms with Crippen LogP contribution in [0, 0.1) is 11.6 Å². The van der Waals surface area contributed by atoms with Crippen LogP contribution in [0.15, 0.2) is 36.4 Å². The highest BCUT2D eigenvalue weighted by Crippen LogP contribution is 2.30. The number of methoxy groups -OCH3 is 1. The summed E-state index contributed by atoms with van der Waals surface area (Å²) in [6.45, 7) is 0.467. The number of nitrogens with zero attached hydrogens (tertiary/aromatic N) is 1. The largest absolute Gasteiger partial charge is 0.507 e. The zero-order valence-corrected chi connectivity index (χ0v) is 13.8. The van der Waals surface area contributed by atoms with Crippen molar-refractivity contribution in [2.75, 3.05) is 13.7 Å². The fourth-order valence-electron chi connectivity index (χ4n) is 3.36. The first-order valence-electron chi connectivity index (χ1n) is 8.12. The number of para-hydroxylation sites is 1. The van der Waals surface area contributed by atoms with Crippen molar-refractivity contribution in [3.63, 3.8) is 0 Å². The highest BCUT2D eigenvalue weighted by Gasteiger charge is 2.33. The lowest BCUT2D eigenvalue weighted by atomic mass is 10.0. The Kier molecular flexibility index (Phi) is 4.88. The topological polar surface area (TPSA) is 49.8 Å². The van der Waals surface area contributed by atoms with Gasteiger partial charge in [-0.05, 0) is 30.9 Å². The summed E-state index contributed by atoms with van der Waals surface area (Å²) in [6, 6.07) is 8.76. The SMILES string of the molecule is COc1ccccc1C[C@H]1CCCN1C(=O)c1c(O)cc(F)cc1F. The van der Waals surface area contributed by atoms with Gasteiger partial charge in [0.15, 0.2) is 0 Å². The molecule has 1 fully saturated rings. The molecule has 3 rings (SSSR count). The predicted octanol–water partition coefficient (Wildman–Crippen LogP) is 3.53. The lowest BCUT2D eigenvalue weighted by molar-refractivity contribution is 0.0728. The van der Waals surface area contributed by atoms with Crippen molar-refractivity contribution in [2.45, 2.75) is 25.3 Å². The highest BCUT2D eigenvalue weighted by atomic mass is 19.1. The second-order valence-corrected chi connectivity index (χ2v) is 6.09. The number of hydrogen-bond donors (Lipinski definition) is 1. The van der Waals surface area contributed by atoms with E-state index in [1.54, 1.807) is 12.0 Å². The zero-order valence-electron chi connectivity index (χ0n) is 13.8. The van der Waals surface area contributed by atoms with Crippen molar-refractivity contribution in [2.24, 2.45) is 0 Å². The van der Waals surface area contributed by atoms with Crippen molar-refractivity contribution >= 4 is 5.91 Å². The molecule has 0 aliphatic carbocycles. The van der Waals surface area contributed by atoms with Crippen LogP contribution in [0.25, 0.3) is 0 Å². The molecular formula is C19H19F2NO3. The minimum absolute atomic E-state index is 0.132. The number of amides is 1. The Hall–Kier alpha value is -2.63. The highest BCUT2D eigenvalue weighted by molar-refractivity contribution is 5.97. The van der Waals surface area contributed by atoms with Gasteiger partial charge < -0.3 is 14.7 Å². The smallest absolute Gasteiger partial charge is 0.260 e. The average Bonchev–Trinajstić information content (AvgIpc) is 3.02. The summed E-state index contributed by atoms with van der Waals surface area (Å²) >= 11 is 0. The summed E-state index contributed by atoms with van der Waals surface area (Å²) in [7, 11) is 1.59. The van der Waals surface area contributed by atoms with Gasteiger partial charge in [0.25, 0.3) is 5.91 Å². The van der Waals surface area contributed by atoms with E-state index < -0.39 is 28.9 Å². The molecule has 6 heteroatoms.